The van der Waals surface area contributed by atoms with Crippen LogP contribution in [0.5, 0.6) is 0 Å². The summed E-state index contributed by atoms with van der Waals surface area (Å²) in [6.45, 7) is 9.64. The summed E-state index contributed by atoms with van der Waals surface area (Å²) in [5.41, 5.74) is 3.59. The van der Waals surface area contributed by atoms with Gasteiger partial charge in [-0.1, -0.05) is 62.8 Å². The highest BCUT2D eigenvalue weighted by Crippen LogP contribution is 2.54. The molecule has 0 spiro atoms. The van der Waals surface area contributed by atoms with Gasteiger partial charge in [-0.2, -0.15) is 0 Å². The summed E-state index contributed by atoms with van der Waals surface area (Å²) < 4.78 is 0. The molecule has 3 aliphatic rings. The van der Waals surface area contributed by atoms with Gasteiger partial charge in [0.1, 0.15) is 0 Å². The lowest BCUT2D eigenvalue weighted by atomic mass is 9.54. The Morgan fingerprint density at radius 2 is 1.84 bits per heavy atom. The Morgan fingerprint density at radius 3 is 2.58 bits per heavy atom. The van der Waals surface area contributed by atoms with Crippen molar-refractivity contribution in [2.24, 2.45) is 29.1 Å². The van der Waals surface area contributed by atoms with Gasteiger partial charge in [0.05, 0.1) is 0 Å². The van der Waals surface area contributed by atoms with Crippen LogP contribution >= 0.6 is 0 Å². The molecular weight excluding hydrogens is 228 g/mol. The van der Waals surface area contributed by atoms with Crippen LogP contribution in [-0.4, -0.2) is 0 Å². The molecule has 0 aromatic carbocycles. The third-order valence-electron chi connectivity index (χ3n) is 5.34. The minimum Gasteiger partial charge on any atom is -0.0879 e. The number of hydrogen-bond acceptors (Lipinski definition) is 0. The van der Waals surface area contributed by atoms with Crippen LogP contribution in [0.2, 0.25) is 0 Å². The van der Waals surface area contributed by atoms with Gasteiger partial charge in [-0.05, 0) is 42.6 Å². The molecule has 102 valence electrons. The van der Waals surface area contributed by atoms with Gasteiger partial charge >= 0.3 is 0 Å². The molecule has 0 bridgehead atoms. The van der Waals surface area contributed by atoms with Crippen molar-refractivity contribution in [1.82, 2.24) is 0 Å². The molecule has 0 radical (unpaired) electrons. The van der Waals surface area contributed by atoms with Crippen LogP contribution in [0, 0.1) is 29.1 Å². The number of rotatable bonds is 0. The van der Waals surface area contributed by atoms with Crippen LogP contribution < -0.4 is 0 Å². The summed E-state index contributed by atoms with van der Waals surface area (Å²) in [5, 5.41) is 0. The predicted molar refractivity (Wildman–Crippen MR) is 82.8 cm³/mol. The molecule has 0 N–H and O–H groups in total. The monoisotopic (exact) mass is 254 g/mol. The summed E-state index contributed by atoms with van der Waals surface area (Å²) in [6.07, 6.45) is 16.8. The number of fused-ring (bicyclic) bond motifs is 2. The second kappa shape index (κ2) is 4.51. The summed E-state index contributed by atoms with van der Waals surface area (Å²) in [4.78, 5) is 0. The van der Waals surface area contributed by atoms with Gasteiger partial charge < -0.3 is 0 Å². The molecule has 0 heteroatoms. The Bertz CT molecular complexity index is 479. The Labute approximate surface area is 118 Å². The number of allylic oxidation sites excluding steroid dienone is 8. The van der Waals surface area contributed by atoms with E-state index in [9.17, 15) is 0 Å². The molecule has 0 aliphatic heterocycles. The van der Waals surface area contributed by atoms with Crippen molar-refractivity contribution in [3.05, 3.63) is 47.6 Å². The quantitative estimate of drug-likeness (QED) is 0.514. The molecule has 4 atom stereocenters. The second-order valence-corrected chi connectivity index (χ2v) is 7.50. The molecule has 0 amide bonds. The molecule has 0 nitrogen and oxygen atoms in total. The first kappa shape index (κ1) is 13.0. The second-order valence-electron chi connectivity index (χ2n) is 7.50. The van der Waals surface area contributed by atoms with Crippen LogP contribution in [-0.2, 0) is 0 Å². The summed E-state index contributed by atoms with van der Waals surface area (Å²) in [5.74, 6) is 2.91. The van der Waals surface area contributed by atoms with E-state index in [4.69, 9.17) is 0 Å². The maximum absolute atomic E-state index is 2.48. The van der Waals surface area contributed by atoms with E-state index < -0.39 is 0 Å². The van der Waals surface area contributed by atoms with Gasteiger partial charge in [-0.15, -0.1) is 0 Å². The molecule has 0 saturated heterocycles. The molecule has 4 unspecified atom stereocenters. The van der Waals surface area contributed by atoms with Gasteiger partial charge in [0.15, 0.2) is 0 Å². The highest BCUT2D eigenvalue weighted by Gasteiger charge is 2.45. The maximum atomic E-state index is 2.48. The first-order valence-electron chi connectivity index (χ1n) is 7.72. The van der Waals surface area contributed by atoms with E-state index in [2.05, 4.69) is 64.2 Å². The molecule has 0 saturated carbocycles. The van der Waals surface area contributed by atoms with E-state index in [1.54, 1.807) is 11.1 Å². The Kier molecular flexibility index (Phi) is 3.08. The number of hydrogen-bond donors (Lipinski definition) is 0. The molecule has 3 rings (SSSR count). The molecule has 3 aliphatic carbocycles. The summed E-state index contributed by atoms with van der Waals surface area (Å²) >= 11 is 0. The average molecular weight is 254 g/mol. The van der Waals surface area contributed by atoms with Gasteiger partial charge in [0.25, 0.3) is 0 Å². The summed E-state index contributed by atoms with van der Waals surface area (Å²) in [7, 11) is 0. The van der Waals surface area contributed by atoms with E-state index >= 15 is 0 Å². The largest absolute Gasteiger partial charge is 0.0879 e. The predicted octanol–water partition coefficient (Wildman–Crippen LogP) is 5.30. The minimum atomic E-state index is 0.375. The Morgan fingerprint density at radius 1 is 1.05 bits per heavy atom. The Hall–Kier alpha value is -1.04. The summed E-state index contributed by atoms with van der Waals surface area (Å²) in [6, 6.07) is 0. The normalized spacial score (nSPS) is 37.3. The maximum Gasteiger partial charge on any atom is 0.00570 e. The van der Waals surface area contributed by atoms with E-state index in [1.807, 2.05) is 0 Å². The lowest BCUT2D eigenvalue weighted by Crippen LogP contribution is -2.43. The zero-order valence-electron chi connectivity index (χ0n) is 12.7. The first-order chi connectivity index (χ1) is 9.00. The lowest BCUT2D eigenvalue weighted by Gasteiger charge is -2.50. The van der Waals surface area contributed by atoms with Crippen molar-refractivity contribution in [2.45, 2.75) is 40.5 Å². The molecule has 0 heterocycles. The highest BCUT2D eigenvalue weighted by atomic mass is 14.5. The van der Waals surface area contributed by atoms with Gasteiger partial charge in [0, 0.05) is 11.8 Å². The van der Waals surface area contributed by atoms with E-state index in [-0.39, 0.29) is 0 Å². The van der Waals surface area contributed by atoms with Crippen LogP contribution in [0.1, 0.15) is 40.5 Å². The first-order valence-corrected chi connectivity index (χ1v) is 7.72. The van der Waals surface area contributed by atoms with Crippen molar-refractivity contribution in [2.75, 3.05) is 0 Å². The van der Waals surface area contributed by atoms with E-state index in [0.29, 0.717) is 17.3 Å². The standard InChI is InChI=1S/C19H26/c1-13-14-9-5-7-11-16(14)18(19(2,3)4)17-12-8-6-10-15(13)17/h5-7,9-11,15-18H,8,12H2,1-4H3. The van der Waals surface area contributed by atoms with Crippen molar-refractivity contribution in [3.8, 4) is 0 Å². The zero-order chi connectivity index (χ0) is 13.6. The van der Waals surface area contributed by atoms with Gasteiger partial charge in [-0.25, -0.2) is 0 Å². The topological polar surface area (TPSA) is 0 Å². The third-order valence-corrected chi connectivity index (χ3v) is 5.34. The fraction of sp³-hybridized carbons (Fsp3) is 0.579. The molecular formula is C19H26. The fourth-order valence-electron chi connectivity index (χ4n) is 4.63. The fourth-order valence-corrected chi connectivity index (χ4v) is 4.63. The van der Waals surface area contributed by atoms with Crippen LogP contribution in [0.25, 0.3) is 0 Å². The highest BCUT2D eigenvalue weighted by molar-refractivity contribution is 5.42. The van der Waals surface area contributed by atoms with Crippen LogP contribution in [0.3, 0.4) is 0 Å². The van der Waals surface area contributed by atoms with Crippen molar-refractivity contribution in [3.63, 3.8) is 0 Å². The molecule has 19 heavy (non-hydrogen) atoms. The van der Waals surface area contributed by atoms with E-state index in [0.717, 1.165) is 11.8 Å². The minimum absolute atomic E-state index is 0.375. The lowest BCUT2D eigenvalue weighted by molar-refractivity contribution is 0.0843. The SMILES string of the molecule is CC1=C2C=CC=CC2C(C(C)(C)C)C2CCC=CC12. The molecule has 0 fully saturated rings. The van der Waals surface area contributed by atoms with Crippen LogP contribution in [0.4, 0.5) is 0 Å². The molecule has 0 aromatic heterocycles. The van der Waals surface area contributed by atoms with Crippen molar-refractivity contribution in [1.29, 1.82) is 0 Å². The van der Waals surface area contributed by atoms with E-state index in [1.165, 1.54) is 12.8 Å². The average Bonchev–Trinajstić information content (AvgIpc) is 2.38. The van der Waals surface area contributed by atoms with Crippen LogP contribution in [0.15, 0.2) is 47.6 Å². The zero-order valence-corrected chi connectivity index (χ0v) is 12.7. The van der Waals surface area contributed by atoms with Gasteiger partial charge in [-0.3, -0.25) is 0 Å². The Balaban J connectivity index is 2.13. The van der Waals surface area contributed by atoms with Gasteiger partial charge in [0.2, 0.25) is 0 Å². The third kappa shape index (κ3) is 2.06. The van der Waals surface area contributed by atoms with Crippen molar-refractivity contribution < 1.29 is 0 Å². The molecule has 0 aromatic rings. The smallest absolute Gasteiger partial charge is 0.00570 e. The van der Waals surface area contributed by atoms with Crippen molar-refractivity contribution >= 4 is 0 Å².